The van der Waals surface area contributed by atoms with E-state index in [2.05, 4.69) is 12.2 Å². The highest BCUT2D eigenvalue weighted by atomic mass is 16.6. The molecule has 7 rings (SSSR count). The molecule has 0 spiro atoms. The fraction of sp³-hybridized carbons (Fsp3) is 0.0323. The third-order valence-electron chi connectivity index (χ3n) is 6.82. The van der Waals surface area contributed by atoms with Crippen molar-refractivity contribution >= 4 is 27.9 Å². The number of nitro groups is 1. The molecule has 0 saturated carbocycles. The van der Waals surface area contributed by atoms with E-state index in [1.165, 1.54) is 6.07 Å². The smallest absolute Gasteiger partial charge is 0.277 e. The Balaban J connectivity index is 1.36. The number of rotatable bonds is 4. The topological polar surface area (TPSA) is 81.5 Å². The summed E-state index contributed by atoms with van der Waals surface area (Å²) in [5.74, 6) is 0.594. The summed E-state index contributed by atoms with van der Waals surface area (Å²) in [6, 6.07) is 28.6. The van der Waals surface area contributed by atoms with Crippen LogP contribution in [0.15, 0.2) is 118 Å². The van der Waals surface area contributed by atoms with Gasteiger partial charge in [0.1, 0.15) is 5.52 Å². The van der Waals surface area contributed by atoms with Gasteiger partial charge in [-0.3, -0.25) is 10.1 Å². The third-order valence-corrected chi connectivity index (χ3v) is 6.82. The molecule has 0 saturated heterocycles. The van der Waals surface area contributed by atoms with Crippen LogP contribution in [-0.4, -0.2) is 9.91 Å². The van der Waals surface area contributed by atoms with Crippen LogP contribution in [0.2, 0.25) is 0 Å². The second kappa shape index (κ2) is 8.24. The van der Waals surface area contributed by atoms with Gasteiger partial charge in [-0.1, -0.05) is 60.7 Å². The Labute approximate surface area is 211 Å². The van der Waals surface area contributed by atoms with E-state index < -0.39 is 0 Å². The van der Waals surface area contributed by atoms with Crippen molar-refractivity contribution in [2.24, 2.45) is 4.99 Å². The molecule has 6 nitrogen and oxygen atoms in total. The van der Waals surface area contributed by atoms with Gasteiger partial charge in [-0.2, -0.15) is 0 Å². The van der Waals surface area contributed by atoms with Crippen molar-refractivity contribution in [3.8, 4) is 22.6 Å². The second-order valence-electron chi connectivity index (χ2n) is 9.04. The highest BCUT2D eigenvalue weighted by Crippen LogP contribution is 2.37. The maximum absolute atomic E-state index is 11.6. The van der Waals surface area contributed by atoms with E-state index in [1.54, 1.807) is 12.1 Å². The molecular weight excluding hydrogens is 462 g/mol. The summed E-state index contributed by atoms with van der Waals surface area (Å²) < 4.78 is 6.11. The Morgan fingerprint density at radius 3 is 2.49 bits per heavy atom. The minimum Gasteiger partial charge on any atom is -0.436 e. The molecule has 176 valence electrons. The molecule has 0 atom stereocenters. The highest BCUT2D eigenvalue weighted by molar-refractivity contribution is 5.92. The van der Waals surface area contributed by atoms with Crippen LogP contribution in [0.4, 0.5) is 5.69 Å². The number of hydrogen-bond acceptors (Lipinski definition) is 5. The molecule has 6 heteroatoms. The van der Waals surface area contributed by atoms with Crippen molar-refractivity contribution in [1.82, 2.24) is 4.98 Å². The van der Waals surface area contributed by atoms with Crippen molar-refractivity contribution in [1.29, 1.82) is 0 Å². The van der Waals surface area contributed by atoms with Crippen LogP contribution in [0.25, 0.3) is 44.8 Å². The Hall–Kier alpha value is -5.10. The minimum atomic E-state index is -0.341. The molecule has 0 bridgehead atoms. The van der Waals surface area contributed by atoms with Crippen molar-refractivity contribution in [3.63, 3.8) is 0 Å². The summed E-state index contributed by atoms with van der Waals surface area (Å²) in [7, 11) is 0. The zero-order chi connectivity index (χ0) is 24.9. The molecule has 0 unspecified atom stereocenters. The first-order valence-corrected chi connectivity index (χ1v) is 12.0. The average molecular weight is 482 g/mol. The molecule has 0 amide bonds. The molecule has 1 aliphatic heterocycles. The molecular formula is C31H19N3O3. The van der Waals surface area contributed by atoms with E-state index in [0.717, 1.165) is 61.6 Å². The SMILES string of the molecule is O=[N+]([O-])c1ccccc1-c1cccc(C2=C3N=c4cc5nc(-c6ccccc6)oc5cc4=C3CC=C2)c1. The van der Waals surface area contributed by atoms with E-state index in [9.17, 15) is 10.1 Å². The Morgan fingerprint density at radius 1 is 0.838 bits per heavy atom. The average Bonchev–Trinajstić information content (AvgIpc) is 3.53. The van der Waals surface area contributed by atoms with Gasteiger partial charge in [-0.25, -0.2) is 9.98 Å². The van der Waals surface area contributed by atoms with Gasteiger partial charge >= 0.3 is 0 Å². The Kier molecular flexibility index (Phi) is 4.72. The van der Waals surface area contributed by atoms with E-state index in [-0.39, 0.29) is 10.6 Å². The lowest BCUT2D eigenvalue weighted by atomic mass is 9.91. The predicted molar refractivity (Wildman–Crippen MR) is 143 cm³/mol. The number of oxazole rings is 1. The molecule has 0 fully saturated rings. The van der Waals surface area contributed by atoms with Crippen LogP contribution < -0.4 is 10.6 Å². The van der Waals surface area contributed by atoms with Crippen LogP contribution >= 0.6 is 0 Å². The van der Waals surface area contributed by atoms with Crippen molar-refractivity contribution in [2.75, 3.05) is 0 Å². The third kappa shape index (κ3) is 3.50. The molecule has 0 N–H and O–H groups in total. The zero-order valence-electron chi connectivity index (χ0n) is 19.6. The number of para-hydroxylation sites is 1. The van der Waals surface area contributed by atoms with Crippen LogP contribution in [0.1, 0.15) is 12.0 Å². The molecule has 1 aromatic heterocycles. The van der Waals surface area contributed by atoms with Gasteiger partial charge in [0.25, 0.3) is 5.69 Å². The number of nitrogens with zero attached hydrogens (tertiary/aromatic N) is 3. The number of benzene rings is 4. The lowest BCUT2D eigenvalue weighted by Crippen LogP contribution is -2.22. The molecule has 2 aliphatic rings. The number of fused-ring (bicyclic) bond motifs is 3. The van der Waals surface area contributed by atoms with Crippen LogP contribution in [0.3, 0.4) is 0 Å². The van der Waals surface area contributed by atoms with Crippen LogP contribution in [-0.2, 0) is 0 Å². The monoisotopic (exact) mass is 481 g/mol. The lowest BCUT2D eigenvalue weighted by Gasteiger charge is -2.14. The van der Waals surface area contributed by atoms with Gasteiger partial charge in [0.2, 0.25) is 5.89 Å². The molecule has 2 heterocycles. The van der Waals surface area contributed by atoms with Crippen LogP contribution in [0.5, 0.6) is 0 Å². The van der Waals surface area contributed by atoms with E-state index in [0.29, 0.717) is 11.5 Å². The van der Waals surface area contributed by atoms with Crippen molar-refractivity contribution in [3.05, 3.63) is 135 Å². The lowest BCUT2D eigenvalue weighted by molar-refractivity contribution is -0.384. The maximum Gasteiger partial charge on any atom is 0.277 e. The van der Waals surface area contributed by atoms with Crippen molar-refractivity contribution in [2.45, 2.75) is 6.42 Å². The van der Waals surface area contributed by atoms with Crippen LogP contribution in [0, 0.1) is 10.1 Å². The number of nitro benzene ring substituents is 1. The molecule has 1 aliphatic carbocycles. The first-order chi connectivity index (χ1) is 18.2. The Morgan fingerprint density at radius 2 is 1.62 bits per heavy atom. The Bertz CT molecular complexity index is 1930. The highest BCUT2D eigenvalue weighted by Gasteiger charge is 2.22. The number of allylic oxidation sites excluding steroid dienone is 4. The van der Waals surface area contributed by atoms with Gasteiger partial charge < -0.3 is 4.42 Å². The summed E-state index contributed by atoms with van der Waals surface area (Å²) in [4.78, 5) is 21.0. The molecule has 4 aromatic carbocycles. The summed E-state index contributed by atoms with van der Waals surface area (Å²) in [6.45, 7) is 0. The summed E-state index contributed by atoms with van der Waals surface area (Å²) >= 11 is 0. The molecule has 5 aromatic rings. The van der Waals surface area contributed by atoms with Crippen molar-refractivity contribution < 1.29 is 9.34 Å². The number of aromatic nitrogens is 1. The normalized spacial score (nSPS) is 14.0. The van der Waals surface area contributed by atoms with E-state index >= 15 is 0 Å². The van der Waals surface area contributed by atoms with Gasteiger partial charge in [-0.05, 0) is 59.5 Å². The first-order valence-electron chi connectivity index (χ1n) is 12.0. The van der Waals surface area contributed by atoms with Gasteiger partial charge in [0.05, 0.1) is 21.5 Å². The largest absolute Gasteiger partial charge is 0.436 e. The van der Waals surface area contributed by atoms with Gasteiger partial charge in [-0.15, -0.1) is 0 Å². The summed E-state index contributed by atoms with van der Waals surface area (Å²) in [6.07, 6.45) is 4.99. The fourth-order valence-corrected chi connectivity index (χ4v) is 5.08. The quantitative estimate of drug-likeness (QED) is 0.225. The predicted octanol–water partition coefficient (Wildman–Crippen LogP) is 6.23. The zero-order valence-corrected chi connectivity index (χ0v) is 19.6. The minimum absolute atomic E-state index is 0.0895. The maximum atomic E-state index is 11.6. The summed E-state index contributed by atoms with van der Waals surface area (Å²) in [5, 5.41) is 13.5. The van der Waals surface area contributed by atoms with E-state index in [1.807, 2.05) is 72.8 Å². The first kappa shape index (κ1) is 21.2. The standard InChI is InChI=1S/C31H19N3O3/c35-34(36)28-15-5-4-12-22(28)20-10-6-11-21(16-20)23-13-7-14-24-25-17-29-27(18-26(25)32-30(23)24)33-31(37-29)19-8-2-1-3-9-19/h1-13,15-18H,14H2. The fourth-order valence-electron chi connectivity index (χ4n) is 5.08. The van der Waals surface area contributed by atoms with E-state index in [4.69, 9.17) is 14.4 Å². The summed E-state index contributed by atoms with van der Waals surface area (Å²) in [5.41, 5.74) is 7.94. The van der Waals surface area contributed by atoms with Gasteiger partial charge in [0, 0.05) is 22.4 Å². The number of hydrogen-bond donors (Lipinski definition) is 0. The van der Waals surface area contributed by atoms with Gasteiger partial charge in [0.15, 0.2) is 5.58 Å². The molecule has 37 heavy (non-hydrogen) atoms. The second-order valence-corrected chi connectivity index (χ2v) is 9.04. The molecule has 0 radical (unpaired) electrons.